The Labute approximate surface area is 149 Å². The topological polar surface area (TPSA) is 0 Å². The van der Waals surface area contributed by atoms with E-state index in [0.29, 0.717) is 11.8 Å². The average molecular weight is 323 g/mol. The van der Waals surface area contributed by atoms with Crippen LogP contribution in [-0.4, -0.2) is 0 Å². The number of hydrogen-bond acceptors (Lipinski definition) is 0. The van der Waals surface area contributed by atoms with Gasteiger partial charge in [-0.15, -0.1) is 12.3 Å². The molecular weight excluding hydrogens is 288 g/mol. The molecule has 0 spiro atoms. The molecule has 2 unspecified atom stereocenters. The maximum Gasteiger partial charge on any atom is 0.0340 e. The molecule has 1 aromatic rings. The van der Waals surface area contributed by atoms with Crippen molar-refractivity contribution in [3.8, 4) is 12.3 Å². The standard InChI is InChI=1S/C24H34/c1-5-7-11-21-14-16-22(17-15-21)18-19(3)20(4)24-13-9-8-12-23(24)10-6-2/h2,8-9,12-14,19-20,22H,5,7,10-11,15-18H2,1,3-4H3/t19-,20?,22?/m0/s1. The van der Waals surface area contributed by atoms with Gasteiger partial charge in [0.05, 0.1) is 0 Å². The van der Waals surface area contributed by atoms with E-state index in [0.717, 1.165) is 12.3 Å². The summed E-state index contributed by atoms with van der Waals surface area (Å²) in [6.07, 6.45) is 18.2. The van der Waals surface area contributed by atoms with Crippen LogP contribution in [0.3, 0.4) is 0 Å². The third-order valence-corrected chi connectivity index (χ3v) is 5.86. The lowest BCUT2D eigenvalue weighted by Gasteiger charge is -2.29. The highest BCUT2D eigenvalue weighted by atomic mass is 14.3. The number of benzene rings is 1. The third kappa shape index (κ3) is 5.27. The lowest BCUT2D eigenvalue weighted by molar-refractivity contribution is 0.329. The Balaban J connectivity index is 1.92. The van der Waals surface area contributed by atoms with Crippen molar-refractivity contribution < 1.29 is 0 Å². The van der Waals surface area contributed by atoms with Crippen LogP contribution in [-0.2, 0) is 6.42 Å². The van der Waals surface area contributed by atoms with Crippen LogP contribution in [0.15, 0.2) is 35.9 Å². The largest absolute Gasteiger partial charge is 0.120 e. The molecule has 0 aliphatic heterocycles. The number of terminal acetylenes is 1. The lowest BCUT2D eigenvalue weighted by atomic mass is 9.77. The quantitative estimate of drug-likeness (QED) is 0.360. The van der Waals surface area contributed by atoms with Crippen molar-refractivity contribution in [3.05, 3.63) is 47.0 Å². The molecular formula is C24H34. The number of allylic oxidation sites excluding steroid dienone is 2. The van der Waals surface area contributed by atoms with Gasteiger partial charge in [-0.1, -0.05) is 63.1 Å². The molecule has 130 valence electrons. The summed E-state index contributed by atoms with van der Waals surface area (Å²) in [5.74, 6) is 4.97. The zero-order valence-electron chi connectivity index (χ0n) is 15.9. The Bertz CT molecular complexity index is 572. The molecule has 24 heavy (non-hydrogen) atoms. The monoisotopic (exact) mass is 322 g/mol. The maximum atomic E-state index is 5.55. The van der Waals surface area contributed by atoms with Gasteiger partial charge in [0.15, 0.2) is 0 Å². The highest BCUT2D eigenvalue weighted by Gasteiger charge is 2.22. The van der Waals surface area contributed by atoms with Gasteiger partial charge in [-0.25, -0.2) is 0 Å². The predicted octanol–water partition coefficient (Wildman–Crippen LogP) is 6.91. The Hall–Kier alpha value is -1.48. The van der Waals surface area contributed by atoms with Crippen molar-refractivity contribution in [2.75, 3.05) is 0 Å². The fraction of sp³-hybridized carbons (Fsp3) is 0.583. The van der Waals surface area contributed by atoms with Gasteiger partial charge in [0.2, 0.25) is 0 Å². The van der Waals surface area contributed by atoms with Gasteiger partial charge in [0.25, 0.3) is 0 Å². The molecule has 0 saturated carbocycles. The van der Waals surface area contributed by atoms with E-state index in [1.807, 2.05) is 0 Å². The summed E-state index contributed by atoms with van der Waals surface area (Å²) >= 11 is 0. The number of unbranched alkanes of at least 4 members (excludes halogenated alkanes) is 1. The van der Waals surface area contributed by atoms with Crippen molar-refractivity contribution in [2.45, 2.75) is 78.1 Å². The van der Waals surface area contributed by atoms with Crippen LogP contribution in [0.1, 0.15) is 82.8 Å². The van der Waals surface area contributed by atoms with Crippen LogP contribution in [0.25, 0.3) is 0 Å². The molecule has 0 radical (unpaired) electrons. The summed E-state index contributed by atoms with van der Waals surface area (Å²) < 4.78 is 0. The second-order valence-corrected chi connectivity index (χ2v) is 7.69. The summed E-state index contributed by atoms with van der Waals surface area (Å²) in [7, 11) is 0. The first kappa shape index (κ1) is 18.9. The Morgan fingerprint density at radius 1 is 1.25 bits per heavy atom. The first-order valence-electron chi connectivity index (χ1n) is 9.84. The number of rotatable bonds is 8. The molecule has 0 heterocycles. The van der Waals surface area contributed by atoms with Gasteiger partial charge >= 0.3 is 0 Å². The lowest BCUT2D eigenvalue weighted by Crippen LogP contribution is -2.15. The van der Waals surface area contributed by atoms with E-state index in [4.69, 9.17) is 6.42 Å². The van der Waals surface area contributed by atoms with Crippen LogP contribution in [0, 0.1) is 24.2 Å². The van der Waals surface area contributed by atoms with Crippen LogP contribution in [0.5, 0.6) is 0 Å². The highest BCUT2D eigenvalue weighted by molar-refractivity contribution is 5.33. The summed E-state index contributed by atoms with van der Waals surface area (Å²) in [5, 5.41) is 0. The second-order valence-electron chi connectivity index (χ2n) is 7.69. The van der Waals surface area contributed by atoms with Gasteiger partial charge in [0.1, 0.15) is 0 Å². The van der Waals surface area contributed by atoms with E-state index >= 15 is 0 Å². The first-order chi connectivity index (χ1) is 11.7. The molecule has 0 amide bonds. The smallest absolute Gasteiger partial charge is 0.0340 e. The third-order valence-electron chi connectivity index (χ3n) is 5.86. The van der Waals surface area contributed by atoms with E-state index in [1.54, 1.807) is 5.57 Å². The van der Waals surface area contributed by atoms with E-state index in [1.165, 1.54) is 56.1 Å². The van der Waals surface area contributed by atoms with E-state index < -0.39 is 0 Å². The average Bonchev–Trinajstić information content (AvgIpc) is 2.61. The Kier molecular flexibility index (Phi) is 7.64. The molecule has 0 fully saturated rings. The molecule has 0 bridgehead atoms. The summed E-state index contributed by atoms with van der Waals surface area (Å²) in [6, 6.07) is 8.73. The fourth-order valence-corrected chi connectivity index (χ4v) is 4.07. The summed E-state index contributed by atoms with van der Waals surface area (Å²) in [4.78, 5) is 0. The molecule has 3 atom stereocenters. The maximum absolute atomic E-state index is 5.55. The van der Waals surface area contributed by atoms with E-state index in [2.05, 4.69) is 57.0 Å². The molecule has 1 aliphatic rings. The molecule has 0 nitrogen and oxygen atoms in total. The zero-order valence-corrected chi connectivity index (χ0v) is 15.9. The van der Waals surface area contributed by atoms with Crippen molar-refractivity contribution in [1.82, 2.24) is 0 Å². The van der Waals surface area contributed by atoms with Gasteiger partial charge in [-0.2, -0.15) is 0 Å². The molecule has 0 heteroatoms. The molecule has 0 aromatic heterocycles. The first-order valence-corrected chi connectivity index (χ1v) is 9.84. The second kappa shape index (κ2) is 9.73. The summed E-state index contributed by atoms with van der Waals surface area (Å²) in [5.41, 5.74) is 4.51. The van der Waals surface area contributed by atoms with Crippen molar-refractivity contribution in [3.63, 3.8) is 0 Å². The van der Waals surface area contributed by atoms with Crippen LogP contribution < -0.4 is 0 Å². The van der Waals surface area contributed by atoms with Crippen LogP contribution >= 0.6 is 0 Å². The van der Waals surface area contributed by atoms with Crippen LogP contribution in [0.4, 0.5) is 0 Å². The SMILES string of the molecule is C#CCc1ccccc1C(C)[C@@H](C)CC1CC=C(CCCC)CC1. The summed E-state index contributed by atoms with van der Waals surface area (Å²) in [6.45, 7) is 7.09. The van der Waals surface area contributed by atoms with Gasteiger partial charge in [-0.05, 0) is 67.4 Å². The molecule has 2 rings (SSSR count). The molecule has 1 aromatic carbocycles. The zero-order chi connectivity index (χ0) is 17.4. The highest BCUT2D eigenvalue weighted by Crippen LogP contribution is 2.36. The van der Waals surface area contributed by atoms with Crippen molar-refractivity contribution in [2.24, 2.45) is 11.8 Å². The molecule has 0 N–H and O–H groups in total. The minimum absolute atomic E-state index is 0.583. The van der Waals surface area contributed by atoms with Gasteiger partial charge in [-0.3, -0.25) is 0 Å². The Morgan fingerprint density at radius 2 is 2.04 bits per heavy atom. The minimum Gasteiger partial charge on any atom is -0.120 e. The Morgan fingerprint density at radius 3 is 2.71 bits per heavy atom. The van der Waals surface area contributed by atoms with Crippen LogP contribution in [0.2, 0.25) is 0 Å². The van der Waals surface area contributed by atoms with E-state index in [9.17, 15) is 0 Å². The van der Waals surface area contributed by atoms with Gasteiger partial charge in [0, 0.05) is 6.42 Å². The molecule has 0 saturated heterocycles. The number of hydrogen-bond donors (Lipinski definition) is 0. The van der Waals surface area contributed by atoms with Gasteiger partial charge < -0.3 is 0 Å². The minimum atomic E-state index is 0.583. The fourth-order valence-electron chi connectivity index (χ4n) is 4.07. The predicted molar refractivity (Wildman–Crippen MR) is 106 cm³/mol. The van der Waals surface area contributed by atoms with E-state index in [-0.39, 0.29) is 0 Å². The normalized spacial score (nSPS) is 20.1. The van der Waals surface area contributed by atoms with Crippen molar-refractivity contribution >= 4 is 0 Å². The molecule has 1 aliphatic carbocycles. The van der Waals surface area contributed by atoms with Crippen molar-refractivity contribution in [1.29, 1.82) is 0 Å².